The molecule has 0 saturated heterocycles. The van der Waals surface area contributed by atoms with Crippen LogP contribution >= 0.6 is 0 Å². The molecule has 0 aliphatic carbocycles. The highest BCUT2D eigenvalue weighted by atomic mass is 19.1. The van der Waals surface area contributed by atoms with Crippen molar-refractivity contribution < 1.29 is 23.1 Å². The normalized spacial score (nSPS) is 10.7. The molecule has 1 heterocycles. The van der Waals surface area contributed by atoms with Gasteiger partial charge in [0.05, 0.1) is 0 Å². The predicted molar refractivity (Wildman–Crippen MR) is 83.7 cm³/mol. The first-order valence-corrected chi connectivity index (χ1v) is 7.65. The molecule has 5 nitrogen and oxygen atoms in total. The summed E-state index contributed by atoms with van der Waals surface area (Å²) in [6, 6.07) is 4.00. The smallest absolute Gasteiger partial charge is 0.375 e. The van der Waals surface area contributed by atoms with E-state index < -0.39 is 11.8 Å². The molecular formula is C17H20FNO4. The van der Waals surface area contributed by atoms with Gasteiger partial charge in [-0.2, -0.15) is 0 Å². The number of furan rings is 1. The minimum Gasteiger partial charge on any atom is -0.450 e. The first kappa shape index (κ1) is 17.0. The zero-order valence-corrected chi connectivity index (χ0v) is 13.3. The molecule has 0 radical (unpaired) electrons. The lowest BCUT2D eigenvalue weighted by Gasteiger charge is -2.05. The topological polar surface area (TPSA) is 68.5 Å². The largest absolute Gasteiger partial charge is 0.450 e. The van der Waals surface area contributed by atoms with Crippen LogP contribution in [0.15, 0.2) is 22.6 Å². The van der Waals surface area contributed by atoms with Crippen LogP contribution in [0.4, 0.5) is 4.39 Å². The second-order valence-corrected chi connectivity index (χ2v) is 5.33. The minimum atomic E-state index is -0.734. The molecule has 2 aromatic rings. The summed E-state index contributed by atoms with van der Waals surface area (Å²) in [5.74, 6) is -1.51. The molecule has 1 N–H and O–H groups in total. The number of halogens is 1. The van der Waals surface area contributed by atoms with Crippen molar-refractivity contribution in [2.24, 2.45) is 0 Å². The van der Waals surface area contributed by atoms with E-state index in [2.05, 4.69) is 12.2 Å². The monoisotopic (exact) mass is 321 g/mol. The van der Waals surface area contributed by atoms with Crippen LogP contribution in [0.25, 0.3) is 11.0 Å². The number of hydrogen-bond donors (Lipinski definition) is 1. The Kier molecular flexibility index (Phi) is 5.73. The molecule has 124 valence electrons. The molecule has 0 fully saturated rings. The predicted octanol–water partition coefficient (Wildman–Crippen LogP) is 3.34. The number of rotatable bonds is 7. The van der Waals surface area contributed by atoms with Gasteiger partial charge in [-0.15, -0.1) is 0 Å². The first-order chi connectivity index (χ1) is 11.0. The number of amides is 1. The van der Waals surface area contributed by atoms with Gasteiger partial charge in [-0.05, 0) is 31.5 Å². The third-order valence-electron chi connectivity index (χ3n) is 3.52. The van der Waals surface area contributed by atoms with Crippen molar-refractivity contribution in [3.05, 3.63) is 35.3 Å². The van der Waals surface area contributed by atoms with Crippen molar-refractivity contribution in [2.75, 3.05) is 13.2 Å². The third kappa shape index (κ3) is 4.31. The van der Waals surface area contributed by atoms with Crippen LogP contribution in [0.3, 0.4) is 0 Å². The Morgan fingerprint density at radius 1 is 1.30 bits per heavy atom. The maximum Gasteiger partial charge on any atom is 0.375 e. The highest BCUT2D eigenvalue weighted by Crippen LogP contribution is 2.26. The molecule has 0 aliphatic heterocycles. The van der Waals surface area contributed by atoms with E-state index in [1.807, 2.05) is 0 Å². The molecule has 6 heteroatoms. The molecule has 0 atom stereocenters. The van der Waals surface area contributed by atoms with Crippen molar-refractivity contribution in [1.82, 2.24) is 5.32 Å². The van der Waals surface area contributed by atoms with E-state index in [1.54, 1.807) is 6.92 Å². The summed E-state index contributed by atoms with van der Waals surface area (Å²) in [7, 11) is 0. The Hall–Kier alpha value is -2.37. The zero-order chi connectivity index (χ0) is 16.8. The van der Waals surface area contributed by atoms with Crippen LogP contribution in [-0.4, -0.2) is 25.0 Å². The van der Waals surface area contributed by atoms with Gasteiger partial charge in [0.25, 0.3) is 5.91 Å². The lowest BCUT2D eigenvalue weighted by atomic mass is 10.1. The number of hydrogen-bond acceptors (Lipinski definition) is 4. The van der Waals surface area contributed by atoms with Crippen molar-refractivity contribution in [1.29, 1.82) is 0 Å². The zero-order valence-electron chi connectivity index (χ0n) is 13.3. The maximum atomic E-state index is 13.2. The van der Waals surface area contributed by atoms with Gasteiger partial charge in [-0.3, -0.25) is 4.79 Å². The van der Waals surface area contributed by atoms with Crippen LogP contribution in [0.5, 0.6) is 0 Å². The van der Waals surface area contributed by atoms with Crippen molar-refractivity contribution in [2.45, 2.75) is 33.1 Å². The Morgan fingerprint density at radius 3 is 2.83 bits per heavy atom. The van der Waals surface area contributed by atoms with Crippen molar-refractivity contribution >= 4 is 22.8 Å². The highest BCUT2D eigenvalue weighted by Gasteiger charge is 2.20. The van der Waals surface area contributed by atoms with Crippen LogP contribution in [0, 0.1) is 12.7 Å². The van der Waals surface area contributed by atoms with E-state index in [-0.39, 0.29) is 18.3 Å². The Labute approximate surface area is 133 Å². The van der Waals surface area contributed by atoms with Gasteiger partial charge < -0.3 is 14.5 Å². The molecular weight excluding hydrogens is 301 g/mol. The number of esters is 1. The fraction of sp³-hybridized carbons (Fsp3) is 0.412. The molecule has 1 aromatic carbocycles. The second-order valence-electron chi connectivity index (χ2n) is 5.33. The summed E-state index contributed by atoms with van der Waals surface area (Å²) in [4.78, 5) is 23.6. The first-order valence-electron chi connectivity index (χ1n) is 7.65. The summed E-state index contributed by atoms with van der Waals surface area (Å²) in [6.45, 7) is 3.92. The molecule has 0 spiro atoms. The van der Waals surface area contributed by atoms with Gasteiger partial charge in [0.2, 0.25) is 5.76 Å². The molecule has 23 heavy (non-hydrogen) atoms. The average molecular weight is 321 g/mol. The highest BCUT2D eigenvalue weighted by molar-refractivity contribution is 5.96. The number of nitrogens with one attached hydrogen (secondary N) is 1. The second kappa shape index (κ2) is 7.76. The van der Waals surface area contributed by atoms with Gasteiger partial charge in [0, 0.05) is 17.5 Å². The van der Waals surface area contributed by atoms with E-state index in [4.69, 9.17) is 9.15 Å². The molecule has 1 aromatic heterocycles. The molecule has 1 amide bonds. The summed E-state index contributed by atoms with van der Waals surface area (Å²) < 4.78 is 23.6. The molecule has 0 aliphatic rings. The van der Waals surface area contributed by atoms with E-state index in [0.29, 0.717) is 23.1 Å². The third-order valence-corrected chi connectivity index (χ3v) is 3.52. The summed E-state index contributed by atoms with van der Waals surface area (Å²) >= 11 is 0. The fourth-order valence-electron chi connectivity index (χ4n) is 2.24. The Morgan fingerprint density at radius 2 is 2.09 bits per heavy atom. The summed E-state index contributed by atoms with van der Waals surface area (Å²) in [5.41, 5.74) is 0.896. The fourth-order valence-corrected chi connectivity index (χ4v) is 2.24. The number of carbonyl (C=O) groups is 2. The number of unbranched alkanes of at least 4 members (excludes halogenated alkanes) is 2. The molecule has 0 bridgehead atoms. The molecule has 0 saturated carbocycles. The molecule has 2 rings (SSSR count). The number of fused-ring (bicyclic) bond motifs is 1. The van der Waals surface area contributed by atoms with Gasteiger partial charge in [-0.1, -0.05) is 19.8 Å². The minimum absolute atomic E-state index is 0.00983. The molecule has 0 unspecified atom stereocenters. The quantitative estimate of drug-likeness (QED) is 0.627. The standard InChI is InChI=1S/C17H20FNO4/c1-3-4-5-8-19-15(20)10-22-17(21)16-11(2)13-9-12(18)6-7-14(13)23-16/h6-7,9H,3-5,8,10H2,1-2H3,(H,19,20). The van der Waals surface area contributed by atoms with Gasteiger partial charge >= 0.3 is 5.97 Å². The van der Waals surface area contributed by atoms with Crippen molar-refractivity contribution in [3.63, 3.8) is 0 Å². The average Bonchev–Trinajstić information content (AvgIpc) is 2.86. The Balaban J connectivity index is 1.93. The van der Waals surface area contributed by atoms with Crippen LogP contribution in [-0.2, 0) is 9.53 Å². The maximum absolute atomic E-state index is 13.2. The van der Waals surface area contributed by atoms with Crippen LogP contribution < -0.4 is 5.32 Å². The SMILES string of the molecule is CCCCCNC(=O)COC(=O)c1oc2ccc(F)cc2c1C. The number of benzene rings is 1. The Bertz CT molecular complexity index is 708. The lowest BCUT2D eigenvalue weighted by Crippen LogP contribution is -2.29. The summed E-state index contributed by atoms with van der Waals surface area (Å²) in [5, 5.41) is 3.19. The number of carbonyl (C=O) groups excluding carboxylic acids is 2. The van der Waals surface area contributed by atoms with Gasteiger partial charge in [0.15, 0.2) is 6.61 Å². The van der Waals surface area contributed by atoms with E-state index in [1.165, 1.54) is 18.2 Å². The lowest BCUT2D eigenvalue weighted by molar-refractivity contribution is -0.124. The number of ether oxygens (including phenoxy) is 1. The van der Waals surface area contributed by atoms with E-state index in [0.717, 1.165) is 19.3 Å². The van der Waals surface area contributed by atoms with Crippen LogP contribution in [0.1, 0.15) is 42.3 Å². The van der Waals surface area contributed by atoms with Crippen LogP contribution in [0.2, 0.25) is 0 Å². The van der Waals surface area contributed by atoms with Gasteiger partial charge in [-0.25, -0.2) is 9.18 Å². The van der Waals surface area contributed by atoms with E-state index >= 15 is 0 Å². The number of aryl methyl sites for hydroxylation is 1. The van der Waals surface area contributed by atoms with Crippen molar-refractivity contribution in [3.8, 4) is 0 Å². The van der Waals surface area contributed by atoms with E-state index in [9.17, 15) is 14.0 Å². The van der Waals surface area contributed by atoms with Gasteiger partial charge in [0.1, 0.15) is 11.4 Å². The summed E-state index contributed by atoms with van der Waals surface area (Å²) in [6.07, 6.45) is 3.00.